The monoisotopic (exact) mass is 363 g/mol. The van der Waals surface area contributed by atoms with Crippen LogP contribution < -0.4 is 10.2 Å². The topological polar surface area (TPSA) is 84.8 Å². The third-order valence-corrected chi connectivity index (χ3v) is 5.38. The van der Waals surface area contributed by atoms with Crippen LogP contribution in [0.2, 0.25) is 0 Å². The van der Waals surface area contributed by atoms with E-state index in [1.807, 2.05) is 11.4 Å². The molecule has 130 valence electrons. The molecule has 3 heterocycles. The number of carbonyl (C=O) groups excluding carboxylic acids is 1. The van der Waals surface area contributed by atoms with Crippen molar-refractivity contribution in [3.8, 4) is 16.6 Å². The number of H-pyrrole nitrogens is 1. The van der Waals surface area contributed by atoms with E-state index in [0.29, 0.717) is 11.1 Å². The normalized spacial score (nSPS) is 16.4. The number of nitriles is 1. The van der Waals surface area contributed by atoms with Gasteiger partial charge in [-0.25, -0.2) is 0 Å². The summed E-state index contributed by atoms with van der Waals surface area (Å²) in [6.45, 7) is 1.59. The molecule has 0 aliphatic carbocycles. The lowest BCUT2D eigenvalue weighted by Crippen LogP contribution is -2.37. The highest BCUT2D eigenvalue weighted by atomic mass is 32.1. The Bertz CT molecular complexity index is 939. The Labute approximate surface area is 155 Å². The maximum absolute atomic E-state index is 12.4. The predicted molar refractivity (Wildman–Crippen MR) is 101 cm³/mol. The lowest BCUT2D eigenvalue weighted by Gasteiger charge is -2.16. The molecule has 0 bridgehead atoms. The van der Waals surface area contributed by atoms with E-state index in [0.717, 1.165) is 35.9 Å². The number of nitrogens with one attached hydrogen (secondary N) is 2. The van der Waals surface area contributed by atoms with Crippen molar-refractivity contribution in [1.82, 2.24) is 15.5 Å². The molecule has 0 radical (unpaired) electrons. The lowest BCUT2D eigenvalue weighted by atomic mass is 10.1. The number of hydrogen-bond acceptors (Lipinski definition) is 5. The Balaban J connectivity index is 1.37. The van der Waals surface area contributed by atoms with Crippen molar-refractivity contribution in [1.29, 1.82) is 5.26 Å². The third-order valence-electron chi connectivity index (χ3n) is 4.47. The first-order valence-electron chi connectivity index (χ1n) is 8.38. The summed E-state index contributed by atoms with van der Waals surface area (Å²) in [7, 11) is 0. The van der Waals surface area contributed by atoms with Crippen molar-refractivity contribution in [2.75, 3.05) is 18.0 Å². The van der Waals surface area contributed by atoms with Crippen LogP contribution in [0.4, 0.5) is 5.82 Å². The second kappa shape index (κ2) is 7.02. The number of aromatic nitrogens is 2. The summed E-state index contributed by atoms with van der Waals surface area (Å²) in [5.74, 6) is 0.797. The highest BCUT2D eigenvalue weighted by molar-refractivity contribution is 7.13. The number of benzene rings is 1. The molecule has 7 heteroatoms. The molecule has 1 atom stereocenters. The standard InChI is InChI=1S/C19H17N5OS/c20-11-13-3-5-14(6-4-13)19(25)21-15-7-8-24(12-15)18-10-16(22-23-18)17-2-1-9-26-17/h1-6,9-10,15H,7-8,12H2,(H,21,25)(H,22,23)/t15-/m1/s1. The fourth-order valence-corrected chi connectivity index (χ4v) is 3.77. The molecular weight excluding hydrogens is 346 g/mol. The van der Waals surface area contributed by atoms with E-state index < -0.39 is 0 Å². The first-order valence-corrected chi connectivity index (χ1v) is 9.26. The van der Waals surface area contributed by atoms with Gasteiger partial charge in [-0.3, -0.25) is 9.89 Å². The van der Waals surface area contributed by atoms with Gasteiger partial charge in [-0.1, -0.05) is 6.07 Å². The Kier molecular flexibility index (Phi) is 4.42. The van der Waals surface area contributed by atoms with Crippen molar-refractivity contribution in [3.05, 3.63) is 59.0 Å². The van der Waals surface area contributed by atoms with Gasteiger partial charge < -0.3 is 10.2 Å². The van der Waals surface area contributed by atoms with Crippen LogP contribution in [-0.2, 0) is 0 Å². The molecule has 2 N–H and O–H groups in total. The van der Waals surface area contributed by atoms with Crippen LogP contribution in [0.3, 0.4) is 0 Å². The Hall–Kier alpha value is -3.11. The number of hydrogen-bond donors (Lipinski definition) is 2. The summed E-state index contributed by atoms with van der Waals surface area (Å²) in [5, 5.41) is 21.4. The molecule has 0 spiro atoms. The molecule has 3 aromatic rings. The highest BCUT2D eigenvalue weighted by Gasteiger charge is 2.26. The summed E-state index contributed by atoms with van der Waals surface area (Å²) in [6.07, 6.45) is 0.878. The van der Waals surface area contributed by atoms with E-state index in [2.05, 4.69) is 38.6 Å². The summed E-state index contributed by atoms with van der Waals surface area (Å²) in [6, 6.07) is 15.0. The molecule has 1 aliphatic rings. The number of amides is 1. The minimum absolute atomic E-state index is 0.0834. The van der Waals surface area contributed by atoms with Gasteiger partial charge in [0.1, 0.15) is 0 Å². The summed E-state index contributed by atoms with van der Waals surface area (Å²) in [4.78, 5) is 15.7. The SMILES string of the molecule is N#Cc1ccc(C(=O)N[C@@H]2CCN(c3cc(-c4cccs4)[nH]n3)C2)cc1. The van der Waals surface area contributed by atoms with Crippen molar-refractivity contribution >= 4 is 23.1 Å². The van der Waals surface area contributed by atoms with Gasteiger partial charge in [0.2, 0.25) is 0 Å². The number of rotatable bonds is 4. The van der Waals surface area contributed by atoms with Gasteiger partial charge >= 0.3 is 0 Å². The zero-order chi connectivity index (χ0) is 17.9. The number of carbonyl (C=O) groups is 1. The maximum atomic E-state index is 12.4. The van der Waals surface area contributed by atoms with Gasteiger partial charge in [0.25, 0.3) is 5.91 Å². The number of aromatic amines is 1. The van der Waals surface area contributed by atoms with Gasteiger partial charge in [-0.15, -0.1) is 11.3 Å². The van der Waals surface area contributed by atoms with E-state index in [4.69, 9.17) is 5.26 Å². The van der Waals surface area contributed by atoms with E-state index in [-0.39, 0.29) is 11.9 Å². The fraction of sp³-hybridized carbons (Fsp3) is 0.211. The first kappa shape index (κ1) is 16.4. The minimum Gasteiger partial charge on any atom is -0.353 e. The van der Waals surface area contributed by atoms with Crippen LogP contribution in [0, 0.1) is 11.3 Å². The molecule has 2 aromatic heterocycles. The van der Waals surface area contributed by atoms with Gasteiger partial charge in [0, 0.05) is 30.8 Å². The molecule has 0 saturated carbocycles. The second-order valence-electron chi connectivity index (χ2n) is 6.21. The zero-order valence-corrected chi connectivity index (χ0v) is 14.8. The Morgan fingerprint density at radius 2 is 2.19 bits per heavy atom. The molecule has 1 aromatic carbocycles. The van der Waals surface area contributed by atoms with Gasteiger partial charge in [-0.2, -0.15) is 10.4 Å². The Morgan fingerprint density at radius 1 is 1.35 bits per heavy atom. The van der Waals surface area contributed by atoms with Crippen molar-refractivity contribution < 1.29 is 4.79 Å². The van der Waals surface area contributed by atoms with Crippen molar-refractivity contribution in [3.63, 3.8) is 0 Å². The lowest BCUT2D eigenvalue weighted by molar-refractivity contribution is 0.0940. The molecule has 1 saturated heterocycles. The van der Waals surface area contributed by atoms with Gasteiger partial charge in [-0.05, 0) is 42.1 Å². The third kappa shape index (κ3) is 3.32. The molecule has 26 heavy (non-hydrogen) atoms. The predicted octanol–water partition coefficient (Wildman–Crippen LogP) is 3.02. The van der Waals surface area contributed by atoms with Gasteiger partial charge in [0.05, 0.1) is 22.2 Å². The van der Waals surface area contributed by atoms with Crippen LogP contribution in [0.5, 0.6) is 0 Å². The van der Waals surface area contributed by atoms with E-state index in [1.165, 1.54) is 0 Å². The van der Waals surface area contributed by atoms with E-state index in [1.54, 1.807) is 35.6 Å². The average Bonchev–Trinajstić information content (AvgIpc) is 3.41. The van der Waals surface area contributed by atoms with E-state index in [9.17, 15) is 4.79 Å². The molecule has 0 unspecified atom stereocenters. The van der Waals surface area contributed by atoms with Crippen molar-refractivity contribution in [2.24, 2.45) is 0 Å². The molecule has 1 amide bonds. The van der Waals surface area contributed by atoms with Crippen LogP contribution in [-0.4, -0.2) is 35.2 Å². The number of anilines is 1. The largest absolute Gasteiger partial charge is 0.353 e. The van der Waals surface area contributed by atoms with Crippen LogP contribution in [0.25, 0.3) is 10.6 Å². The number of thiophene rings is 1. The summed E-state index contributed by atoms with van der Waals surface area (Å²) >= 11 is 1.67. The molecule has 4 rings (SSSR count). The van der Waals surface area contributed by atoms with Crippen LogP contribution in [0.1, 0.15) is 22.3 Å². The quantitative estimate of drug-likeness (QED) is 0.746. The fourth-order valence-electron chi connectivity index (χ4n) is 3.08. The summed E-state index contributed by atoms with van der Waals surface area (Å²) in [5.41, 5.74) is 2.14. The Morgan fingerprint density at radius 3 is 2.92 bits per heavy atom. The number of nitrogens with zero attached hydrogens (tertiary/aromatic N) is 3. The van der Waals surface area contributed by atoms with Crippen LogP contribution in [0.15, 0.2) is 47.8 Å². The highest BCUT2D eigenvalue weighted by Crippen LogP contribution is 2.27. The molecule has 6 nitrogen and oxygen atoms in total. The first-order chi connectivity index (χ1) is 12.7. The summed E-state index contributed by atoms with van der Waals surface area (Å²) < 4.78 is 0. The van der Waals surface area contributed by atoms with Crippen molar-refractivity contribution in [2.45, 2.75) is 12.5 Å². The zero-order valence-electron chi connectivity index (χ0n) is 14.0. The van der Waals surface area contributed by atoms with E-state index >= 15 is 0 Å². The molecule has 1 aliphatic heterocycles. The van der Waals surface area contributed by atoms with Crippen LogP contribution >= 0.6 is 11.3 Å². The average molecular weight is 363 g/mol. The smallest absolute Gasteiger partial charge is 0.251 e. The molecular formula is C19H17N5OS. The second-order valence-corrected chi connectivity index (χ2v) is 7.16. The van der Waals surface area contributed by atoms with Gasteiger partial charge in [0.15, 0.2) is 5.82 Å². The molecule has 1 fully saturated rings. The maximum Gasteiger partial charge on any atom is 0.251 e. The minimum atomic E-state index is -0.109.